The number of ether oxygens (including phenoxy) is 2. The Labute approximate surface area is 190 Å². The van der Waals surface area contributed by atoms with E-state index in [9.17, 15) is 10.1 Å². The fourth-order valence-electron chi connectivity index (χ4n) is 2.82. The van der Waals surface area contributed by atoms with Crippen molar-refractivity contribution < 1.29 is 14.3 Å². The Hall–Kier alpha value is -3.56. The molecule has 0 fully saturated rings. The molecule has 0 heterocycles. The summed E-state index contributed by atoms with van der Waals surface area (Å²) in [6, 6.07) is 24.6. The Balaban J connectivity index is 1.73. The second-order valence-electron chi connectivity index (χ2n) is 6.66. The first kappa shape index (κ1) is 22.1. The van der Waals surface area contributed by atoms with E-state index in [0.717, 1.165) is 21.3 Å². The Bertz CT molecular complexity index is 1100. The topological polar surface area (TPSA) is 71.3 Å². The predicted octanol–water partition coefficient (Wildman–Crippen LogP) is 5.26. The molecular formula is C25H21BrN2O3. The van der Waals surface area contributed by atoms with Crippen LogP contribution in [0.1, 0.15) is 16.7 Å². The van der Waals surface area contributed by atoms with Crippen molar-refractivity contribution in [2.75, 3.05) is 7.11 Å². The van der Waals surface area contributed by atoms with E-state index in [1.165, 1.54) is 6.08 Å². The van der Waals surface area contributed by atoms with Crippen molar-refractivity contribution in [3.05, 3.63) is 99.5 Å². The fourth-order valence-corrected chi connectivity index (χ4v) is 3.20. The van der Waals surface area contributed by atoms with Crippen LogP contribution in [0.3, 0.4) is 0 Å². The Morgan fingerprint density at radius 1 is 1.06 bits per heavy atom. The maximum Gasteiger partial charge on any atom is 0.262 e. The minimum Gasteiger partial charge on any atom is -0.497 e. The van der Waals surface area contributed by atoms with Gasteiger partial charge < -0.3 is 14.8 Å². The van der Waals surface area contributed by atoms with Crippen molar-refractivity contribution >= 4 is 27.9 Å². The molecule has 0 spiro atoms. The van der Waals surface area contributed by atoms with E-state index in [4.69, 9.17) is 9.47 Å². The molecule has 0 saturated heterocycles. The highest BCUT2D eigenvalue weighted by Crippen LogP contribution is 2.26. The molecule has 0 radical (unpaired) electrons. The third kappa shape index (κ3) is 6.46. The second-order valence-corrected chi connectivity index (χ2v) is 7.57. The van der Waals surface area contributed by atoms with Crippen LogP contribution in [0.2, 0.25) is 0 Å². The Morgan fingerprint density at radius 2 is 1.81 bits per heavy atom. The van der Waals surface area contributed by atoms with Gasteiger partial charge in [-0.2, -0.15) is 5.26 Å². The highest BCUT2D eigenvalue weighted by atomic mass is 79.9. The van der Waals surface area contributed by atoms with Gasteiger partial charge in [-0.1, -0.05) is 58.4 Å². The van der Waals surface area contributed by atoms with Gasteiger partial charge in [0.15, 0.2) is 0 Å². The molecule has 0 aromatic heterocycles. The van der Waals surface area contributed by atoms with E-state index in [1.807, 2.05) is 78.9 Å². The highest BCUT2D eigenvalue weighted by molar-refractivity contribution is 9.10. The molecular weight excluding hydrogens is 456 g/mol. The minimum atomic E-state index is -0.452. The summed E-state index contributed by atoms with van der Waals surface area (Å²) in [6.45, 7) is 0.687. The average molecular weight is 477 g/mol. The van der Waals surface area contributed by atoms with Crippen LogP contribution in [0.15, 0.2) is 82.8 Å². The molecule has 0 aliphatic carbocycles. The van der Waals surface area contributed by atoms with Gasteiger partial charge in [0.25, 0.3) is 5.91 Å². The SMILES string of the molecule is COc1ccc(CNC(=O)/C(C#N)=C\c2cc(Br)ccc2OCc2ccccc2)cc1. The molecule has 3 rings (SSSR count). The monoisotopic (exact) mass is 476 g/mol. The van der Waals surface area contributed by atoms with Crippen molar-refractivity contribution in [2.45, 2.75) is 13.2 Å². The van der Waals surface area contributed by atoms with E-state index in [1.54, 1.807) is 7.11 Å². The van der Waals surface area contributed by atoms with E-state index in [2.05, 4.69) is 21.2 Å². The average Bonchev–Trinajstić information content (AvgIpc) is 2.81. The van der Waals surface area contributed by atoms with Crippen LogP contribution >= 0.6 is 15.9 Å². The summed E-state index contributed by atoms with van der Waals surface area (Å²) in [5.41, 5.74) is 2.57. The molecule has 6 heteroatoms. The molecule has 0 aliphatic heterocycles. The maximum absolute atomic E-state index is 12.6. The lowest BCUT2D eigenvalue weighted by Gasteiger charge is -2.11. The summed E-state index contributed by atoms with van der Waals surface area (Å²) in [5.74, 6) is 0.875. The Morgan fingerprint density at radius 3 is 2.48 bits per heavy atom. The van der Waals surface area contributed by atoms with E-state index >= 15 is 0 Å². The Kier molecular flexibility index (Phi) is 7.85. The predicted molar refractivity (Wildman–Crippen MR) is 123 cm³/mol. The molecule has 3 aromatic rings. The molecule has 0 unspecified atom stereocenters. The van der Waals surface area contributed by atoms with Gasteiger partial charge in [-0.3, -0.25) is 4.79 Å². The highest BCUT2D eigenvalue weighted by Gasteiger charge is 2.12. The number of nitriles is 1. The van der Waals surface area contributed by atoms with Gasteiger partial charge >= 0.3 is 0 Å². The fraction of sp³-hybridized carbons (Fsp3) is 0.120. The van der Waals surface area contributed by atoms with Crippen LogP contribution in [0.5, 0.6) is 11.5 Å². The summed E-state index contributed by atoms with van der Waals surface area (Å²) in [5, 5.41) is 12.3. The molecule has 1 amide bonds. The number of hydrogen-bond acceptors (Lipinski definition) is 4. The van der Waals surface area contributed by atoms with Crippen molar-refractivity contribution in [1.29, 1.82) is 5.26 Å². The van der Waals surface area contributed by atoms with Crippen molar-refractivity contribution in [3.63, 3.8) is 0 Å². The van der Waals surface area contributed by atoms with Crippen LogP contribution in [-0.4, -0.2) is 13.0 Å². The van der Waals surface area contributed by atoms with Crippen LogP contribution in [0, 0.1) is 11.3 Å². The van der Waals surface area contributed by atoms with E-state index < -0.39 is 5.91 Å². The number of carbonyl (C=O) groups excluding carboxylic acids is 1. The van der Waals surface area contributed by atoms with Crippen LogP contribution in [0.25, 0.3) is 6.08 Å². The smallest absolute Gasteiger partial charge is 0.262 e. The quantitative estimate of drug-likeness (QED) is 0.355. The lowest BCUT2D eigenvalue weighted by atomic mass is 10.1. The summed E-state index contributed by atoms with van der Waals surface area (Å²) in [6.07, 6.45) is 1.54. The molecule has 0 atom stereocenters. The van der Waals surface area contributed by atoms with Crippen LogP contribution in [-0.2, 0) is 17.9 Å². The third-order valence-electron chi connectivity index (χ3n) is 4.49. The molecule has 1 N–H and O–H groups in total. The largest absolute Gasteiger partial charge is 0.497 e. The summed E-state index contributed by atoms with van der Waals surface area (Å²) >= 11 is 3.44. The molecule has 0 saturated carbocycles. The van der Waals surface area contributed by atoms with Crippen molar-refractivity contribution in [1.82, 2.24) is 5.32 Å². The number of carbonyl (C=O) groups is 1. The van der Waals surface area contributed by atoms with Gasteiger partial charge in [0.2, 0.25) is 0 Å². The molecule has 3 aromatic carbocycles. The van der Waals surface area contributed by atoms with Gasteiger partial charge in [-0.15, -0.1) is 0 Å². The number of rotatable bonds is 8. The zero-order valence-corrected chi connectivity index (χ0v) is 18.6. The number of methoxy groups -OCH3 is 1. The lowest BCUT2D eigenvalue weighted by Crippen LogP contribution is -2.23. The maximum atomic E-state index is 12.6. The zero-order chi connectivity index (χ0) is 22.1. The minimum absolute atomic E-state index is 0.00354. The normalized spacial score (nSPS) is 10.8. The molecule has 0 bridgehead atoms. The third-order valence-corrected chi connectivity index (χ3v) is 4.98. The molecule has 0 aliphatic rings. The number of benzene rings is 3. The molecule has 31 heavy (non-hydrogen) atoms. The van der Waals surface area contributed by atoms with E-state index in [0.29, 0.717) is 24.5 Å². The second kappa shape index (κ2) is 11.0. The first-order valence-electron chi connectivity index (χ1n) is 9.58. The number of amides is 1. The van der Waals surface area contributed by atoms with E-state index in [-0.39, 0.29) is 5.57 Å². The number of hydrogen-bond donors (Lipinski definition) is 1. The standard InChI is InChI=1S/C25H21BrN2O3/c1-30-23-10-7-18(8-11-23)16-28-25(29)21(15-27)13-20-14-22(26)9-12-24(20)31-17-19-5-3-2-4-6-19/h2-14H,16-17H2,1H3,(H,28,29)/b21-13-. The first-order valence-corrected chi connectivity index (χ1v) is 10.4. The summed E-state index contributed by atoms with van der Waals surface area (Å²) in [7, 11) is 1.60. The number of nitrogens with zero attached hydrogens (tertiary/aromatic N) is 1. The van der Waals surface area contributed by atoms with Gasteiger partial charge in [0, 0.05) is 16.6 Å². The number of nitrogens with one attached hydrogen (secondary N) is 1. The van der Waals surface area contributed by atoms with Gasteiger partial charge in [-0.05, 0) is 47.5 Å². The lowest BCUT2D eigenvalue weighted by molar-refractivity contribution is -0.117. The van der Waals surface area contributed by atoms with Crippen LogP contribution < -0.4 is 14.8 Å². The van der Waals surface area contributed by atoms with Crippen LogP contribution in [0.4, 0.5) is 0 Å². The van der Waals surface area contributed by atoms with Gasteiger partial charge in [0.1, 0.15) is 29.7 Å². The molecule has 5 nitrogen and oxygen atoms in total. The van der Waals surface area contributed by atoms with Crippen molar-refractivity contribution in [2.24, 2.45) is 0 Å². The number of halogens is 1. The first-order chi connectivity index (χ1) is 15.1. The van der Waals surface area contributed by atoms with Gasteiger partial charge in [-0.25, -0.2) is 0 Å². The summed E-state index contributed by atoms with van der Waals surface area (Å²) in [4.78, 5) is 12.6. The summed E-state index contributed by atoms with van der Waals surface area (Å²) < 4.78 is 11.9. The van der Waals surface area contributed by atoms with Crippen molar-refractivity contribution in [3.8, 4) is 17.6 Å². The van der Waals surface area contributed by atoms with Gasteiger partial charge in [0.05, 0.1) is 7.11 Å². The molecule has 156 valence electrons. The zero-order valence-electron chi connectivity index (χ0n) is 17.0.